The highest BCUT2D eigenvalue weighted by atomic mass is 28.4. The van der Waals surface area contributed by atoms with Crippen molar-refractivity contribution in [1.82, 2.24) is 0 Å². The van der Waals surface area contributed by atoms with E-state index in [9.17, 15) is 0 Å². The Balaban J connectivity index is 2.58. The van der Waals surface area contributed by atoms with Crippen molar-refractivity contribution in [3.05, 3.63) is 0 Å². The fourth-order valence-electron chi connectivity index (χ4n) is 2.05. The van der Waals surface area contributed by atoms with Crippen LogP contribution in [-0.4, -0.2) is 35.0 Å². The second-order valence-corrected chi connectivity index (χ2v) is 6.21. The molecule has 1 aliphatic carbocycles. The summed E-state index contributed by atoms with van der Waals surface area (Å²) >= 11 is 0. The Morgan fingerprint density at radius 3 is 2.00 bits per heavy atom. The van der Waals surface area contributed by atoms with Crippen LogP contribution in [0.25, 0.3) is 0 Å². The molecule has 18 heavy (non-hydrogen) atoms. The van der Waals surface area contributed by atoms with E-state index in [1.54, 1.807) is 0 Å². The molecular weight excluding hydrogens is 252 g/mol. The van der Waals surface area contributed by atoms with Gasteiger partial charge in [-0.25, -0.2) is 4.89 Å². The summed E-state index contributed by atoms with van der Waals surface area (Å²) in [6.45, 7) is 7.10. The Labute approximate surface area is 111 Å². The first kappa shape index (κ1) is 16.1. The maximum Gasteiger partial charge on any atom is 0.708 e. The minimum atomic E-state index is -3.13. The van der Waals surface area contributed by atoms with Gasteiger partial charge in [-0.1, -0.05) is 19.3 Å². The van der Waals surface area contributed by atoms with Crippen molar-refractivity contribution in [2.45, 2.75) is 59.0 Å². The van der Waals surface area contributed by atoms with Crippen LogP contribution in [0.15, 0.2) is 0 Å². The Morgan fingerprint density at radius 2 is 1.50 bits per heavy atom. The fraction of sp³-hybridized carbons (Fsp3) is 1.00. The lowest BCUT2D eigenvalue weighted by Gasteiger charge is -2.31. The van der Waals surface area contributed by atoms with Gasteiger partial charge >= 0.3 is 9.05 Å². The highest BCUT2D eigenvalue weighted by molar-refractivity contribution is 6.53. The van der Waals surface area contributed by atoms with Gasteiger partial charge in [0.1, 0.15) is 0 Å². The first-order chi connectivity index (χ1) is 8.76. The van der Waals surface area contributed by atoms with Crippen LogP contribution >= 0.6 is 0 Å². The van der Waals surface area contributed by atoms with Gasteiger partial charge in [0, 0.05) is 13.2 Å². The topological polar surface area (TPSA) is 46.2 Å². The molecule has 6 heteroatoms. The molecule has 0 saturated heterocycles. The Bertz CT molecular complexity index is 203. The SMILES string of the molecule is CCOO[Si](OCC)(OCC)OC1CCCCC1. The Kier molecular flexibility index (Phi) is 8.04. The van der Waals surface area contributed by atoms with Crippen LogP contribution in [0, 0.1) is 0 Å². The second-order valence-electron chi connectivity index (χ2n) is 4.23. The van der Waals surface area contributed by atoms with Crippen LogP contribution < -0.4 is 0 Å². The molecule has 1 fully saturated rings. The van der Waals surface area contributed by atoms with E-state index in [1.807, 2.05) is 20.8 Å². The Hall–Kier alpha value is 0.0169. The number of hydrogen-bond acceptors (Lipinski definition) is 5. The van der Waals surface area contributed by atoms with E-state index in [-0.39, 0.29) is 6.10 Å². The van der Waals surface area contributed by atoms with Gasteiger partial charge < -0.3 is 13.3 Å². The summed E-state index contributed by atoms with van der Waals surface area (Å²) in [4.78, 5) is 5.03. The minimum absolute atomic E-state index is 0.170. The Morgan fingerprint density at radius 1 is 0.889 bits per heavy atom. The predicted molar refractivity (Wildman–Crippen MR) is 69.7 cm³/mol. The summed E-state index contributed by atoms with van der Waals surface area (Å²) in [7, 11) is -3.13. The van der Waals surface area contributed by atoms with Gasteiger partial charge in [0.05, 0.1) is 12.7 Å². The summed E-state index contributed by atoms with van der Waals surface area (Å²) in [6.07, 6.45) is 5.94. The van der Waals surface area contributed by atoms with Crippen LogP contribution in [0.5, 0.6) is 0 Å². The van der Waals surface area contributed by atoms with Crippen LogP contribution in [0.4, 0.5) is 0 Å². The summed E-state index contributed by atoms with van der Waals surface area (Å²) in [5, 5.41) is 0. The lowest BCUT2D eigenvalue weighted by molar-refractivity contribution is -0.275. The zero-order valence-electron chi connectivity index (χ0n) is 11.8. The van der Waals surface area contributed by atoms with Gasteiger partial charge in [0.15, 0.2) is 0 Å². The molecule has 0 unspecified atom stereocenters. The smallest absolute Gasteiger partial charge is 0.350 e. The van der Waals surface area contributed by atoms with Gasteiger partial charge in [-0.05, 0) is 33.6 Å². The van der Waals surface area contributed by atoms with Gasteiger partial charge in [0.2, 0.25) is 0 Å². The van der Waals surface area contributed by atoms with Gasteiger partial charge in [-0.3, -0.25) is 0 Å². The van der Waals surface area contributed by atoms with Crippen LogP contribution in [-0.2, 0) is 22.7 Å². The minimum Gasteiger partial charge on any atom is -0.350 e. The highest BCUT2D eigenvalue weighted by Crippen LogP contribution is 2.25. The average molecular weight is 278 g/mol. The fourth-order valence-corrected chi connectivity index (χ4v) is 4.02. The molecule has 1 saturated carbocycles. The van der Waals surface area contributed by atoms with Crippen molar-refractivity contribution in [3.8, 4) is 0 Å². The van der Waals surface area contributed by atoms with Crippen molar-refractivity contribution in [1.29, 1.82) is 0 Å². The molecule has 0 bridgehead atoms. The first-order valence-electron chi connectivity index (χ1n) is 7.02. The lowest BCUT2D eigenvalue weighted by atomic mass is 9.98. The summed E-state index contributed by atoms with van der Waals surface area (Å²) < 4.78 is 22.6. The molecule has 0 aliphatic heterocycles. The van der Waals surface area contributed by atoms with E-state index in [1.165, 1.54) is 19.3 Å². The standard InChI is InChI=1S/C12H26O5Si/c1-4-13-17-18(14-5-2,15-6-3)16-12-10-8-7-9-11-12/h12H,4-11H2,1-3H3. The molecule has 0 aromatic heterocycles. The van der Waals surface area contributed by atoms with E-state index >= 15 is 0 Å². The molecule has 0 spiro atoms. The quantitative estimate of drug-likeness (QED) is 0.369. The number of hydrogen-bond donors (Lipinski definition) is 0. The zero-order valence-corrected chi connectivity index (χ0v) is 12.8. The number of rotatable bonds is 9. The van der Waals surface area contributed by atoms with Crippen molar-refractivity contribution in [2.75, 3.05) is 19.8 Å². The molecule has 0 N–H and O–H groups in total. The van der Waals surface area contributed by atoms with Gasteiger partial charge in [0.25, 0.3) is 0 Å². The van der Waals surface area contributed by atoms with Gasteiger partial charge in [-0.2, -0.15) is 4.58 Å². The van der Waals surface area contributed by atoms with E-state index in [2.05, 4.69) is 0 Å². The third kappa shape index (κ3) is 5.34. The molecule has 0 amide bonds. The van der Waals surface area contributed by atoms with E-state index in [0.29, 0.717) is 19.8 Å². The van der Waals surface area contributed by atoms with E-state index in [4.69, 9.17) is 22.7 Å². The molecular formula is C12H26O5Si. The third-order valence-electron chi connectivity index (χ3n) is 2.78. The van der Waals surface area contributed by atoms with Crippen molar-refractivity contribution in [2.24, 2.45) is 0 Å². The molecule has 1 rings (SSSR count). The maximum absolute atomic E-state index is 6.01. The predicted octanol–water partition coefficient (Wildman–Crippen LogP) is 2.81. The highest BCUT2D eigenvalue weighted by Gasteiger charge is 2.49. The molecule has 0 aromatic rings. The second kappa shape index (κ2) is 9.01. The third-order valence-corrected chi connectivity index (χ3v) is 5.01. The zero-order chi connectivity index (χ0) is 13.3. The van der Waals surface area contributed by atoms with Crippen molar-refractivity contribution in [3.63, 3.8) is 0 Å². The van der Waals surface area contributed by atoms with Crippen LogP contribution in [0.3, 0.4) is 0 Å². The monoisotopic (exact) mass is 278 g/mol. The molecule has 0 aromatic carbocycles. The average Bonchev–Trinajstić information content (AvgIpc) is 2.38. The molecule has 1 aliphatic rings. The molecule has 0 heterocycles. The van der Waals surface area contributed by atoms with E-state index < -0.39 is 9.05 Å². The molecule has 108 valence electrons. The molecule has 0 atom stereocenters. The summed E-state index contributed by atoms with van der Waals surface area (Å²) in [6, 6.07) is 0. The van der Waals surface area contributed by atoms with Crippen LogP contribution in [0.1, 0.15) is 52.9 Å². The van der Waals surface area contributed by atoms with Crippen LogP contribution in [0.2, 0.25) is 0 Å². The summed E-state index contributed by atoms with van der Waals surface area (Å²) in [5.41, 5.74) is 0. The maximum atomic E-state index is 6.01. The normalized spacial score (nSPS) is 18.2. The van der Waals surface area contributed by atoms with Crippen molar-refractivity contribution < 1.29 is 22.7 Å². The van der Waals surface area contributed by atoms with Crippen molar-refractivity contribution >= 4 is 9.05 Å². The van der Waals surface area contributed by atoms with Gasteiger partial charge in [-0.15, -0.1) is 0 Å². The largest absolute Gasteiger partial charge is 0.708 e. The summed E-state index contributed by atoms with van der Waals surface area (Å²) in [5.74, 6) is 0. The lowest BCUT2D eigenvalue weighted by Crippen LogP contribution is -2.51. The molecule has 5 nitrogen and oxygen atoms in total. The molecule has 0 radical (unpaired) electrons. The van der Waals surface area contributed by atoms with E-state index in [0.717, 1.165) is 12.8 Å². The first-order valence-corrected chi connectivity index (χ1v) is 8.66.